The molecule has 0 spiro atoms. The van der Waals surface area contributed by atoms with Crippen LogP contribution in [0.15, 0.2) is 24.0 Å². The maximum absolute atomic E-state index is 11.1. The molecule has 0 fully saturated rings. The molecule has 0 amide bonds. The van der Waals surface area contributed by atoms with E-state index in [4.69, 9.17) is 4.74 Å². The lowest BCUT2D eigenvalue weighted by atomic mass is 9.73. The number of carbonyl (C=O) groups excluding carboxylic acids is 1. The fourth-order valence-electron chi connectivity index (χ4n) is 1.45. The molecular weight excluding hydrogens is 204 g/mol. The van der Waals surface area contributed by atoms with Crippen LogP contribution in [0.25, 0.3) is 0 Å². The molecule has 0 saturated heterocycles. The lowest BCUT2D eigenvalue weighted by Gasteiger charge is -2.38. The maximum atomic E-state index is 11.1. The summed E-state index contributed by atoms with van der Waals surface area (Å²) in [7, 11) is 0. The molecule has 0 bridgehead atoms. The van der Waals surface area contributed by atoms with Crippen LogP contribution in [0.3, 0.4) is 0 Å². The summed E-state index contributed by atoms with van der Waals surface area (Å²) < 4.78 is 5.07. The molecule has 0 aromatic carbocycles. The number of carbonyl (C=O) groups is 1. The van der Waals surface area contributed by atoms with Gasteiger partial charge in [0.1, 0.15) is 5.76 Å². The van der Waals surface area contributed by atoms with E-state index < -0.39 is 5.60 Å². The molecule has 3 heteroatoms. The van der Waals surface area contributed by atoms with Crippen LogP contribution in [-0.4, -0.2) is 16.7 Å². The fraction of sp³-hybridized carbons (Fsp3) is 0.615. The van der Waals surface area contributed by atoms with E-state index in [-0.39, 0.29) is 11.4 Å². The lowest BCUT2D eigenvalue weighted by Crippen LogP contribution is -2.41. The number of rotatable bonds is 2. The van der Waals surface area contributed by atoms with Gasteiger partial charge < -0.3 is 9.84 Å². The van der Waals surface area contributed by atoms with Gasteiger partial charge in [-0.25, -0.2) is 0 Å². The Labute approximate surface area is 96.8 Å². The van der Waals surface area contributed by atoms with Gasteiger partial charge in [0.15, 0.2) is 0 Å². The highest BCUT2D eigenvalue weighted by molar-refractivity contribution is 5.70. The zero-order valence-corrected chi connectivity index (χ0v) is 10.4. The molecule has 1 rings (SSSR count). The van der Waals surface area contributed by atoms with Crippen LogP contribution in [0, 0.1) is 5.41 Å². The first-order valence-corrected chi connectivity index (χ1v) is 5.61. The predicted octanol–water partition coefficient (Wildman–Crippen LogP) is 2.56. The molecule has 0 radical (unpaired) electrons. The van der Waals surface area contributed by atoms with Crippen molar-refractivity contribution < 1.29 is 14.6 Å². The topological polar surface area (TPSA) is 46.5 Å². The summed E-state index contributed by atoms with van der Waals surface area (Å²) in [5, 5.41) is 10.3. The third-order valence-electron chi connectivity index (χ3n) is 2.96. The first kappa shape index (κ1) is 13.0. The van der Waals surface area contributed by atoms with Gasteiger partial charge in [0.25, 0.3) is 0 Å². The molecule has 1 atom stereocenters. The van der Waals surface area contributed by atoms with E-state index in [0.29, 0.717) is 18.6 Å². The minimum atomic E-state index is -0.866. The Morgan fingerprint density at radius 2 is 2.19 bits per heavy atom. The summed E-state index contributed by atoms with van der Waals surface area (Å²) in [5.41, 5.74) is -1.10. The number of allylic oxidation sites excluding steroid dienone is 1. The predicted molar refractivity (Wildman–Crippen MR) is 62.6 cm³/mol. The minimum Gasteiger partial charge on any atom is -0.427 e. The number of esters is 1. The summed E-state index contributed by atoms with van der Waals surface area (Å²) >= 11 is 0. The summed E-state index contributed by atoms with van der Waals surface area (Å²) in [6, 6.07) is 0. The zero-order chi connectivity index (χ0) is 12.4. The van der Waals surface area contributed by atoms with Crippen molar-refractivity contribution in [1.29, 1.82) is 0 Å². The van der Waals surface area contributed by atoms with Crippen LogP contribution in [0.2, 0.25) is 0 Å². The first-order valence-electron chi connectivity index (χ1n) is 5.61. The van der Waals surface area contributed by atoms with Gasteiger partial charge in [0, 0.05) is 12.8 Å². The highest BCUT2D eigenvalue weighted by atomic mass is 16.5. The number of ether oxygens (including phenoxy) is 1. The summed E-state index contributed by atoms with van der Waals surface area (Å²) in [6.45, 7) is 7.69. The summed E-state index contributed by atoms with van der Waals surface area (Å²) in [4.78, 5) is 11.1. The van der Waals surface area contributed by atoms with Crippen molar-refractivity contribution >= 4 is 5.97 Å². The van der Waals surface area contributed by atoms with Crippen molar-refractivity contribution in [2.24, 2.45) is 5.41 Å². The van der Waals surface area contributed by atoms with Gasteiger partial charge in [-0.1, -0.05) is 27.7 Å². The molecule has 1 aliphatic rings. The molecule has 0 aliphatic heterocycles. The van der Waals surface area contributed by atoms with Crippen LogP contribution in [0.1, 0.15) is 40.5 Å². The SMILES string of the molecule is CCC(=O)OC1=CCC(O)(C(C)(C)C)C=C1. The van der Waals surface area contributed by atoms with Crippen LogP contribution < -0.4 is 0 Å². The Morgan fingerprint density at radius 3 is 2.56 bits per heavy atom. The van der Waals surface area contributed by atoms with Gasteiger partial charge in [-0.2, -0.15) is 0 Å². The summed E-state index contributed by atoms with van der Waals surface area (Å²) in [5.74, 6) is 0.276. The van der Waals surface area contributed by atoms with Crippen molar-refractivity contribution in [3.63, 3.8) is 0 Å². The van der Waals surface area contributed by atoms with Crippen molar-refractivity contribution in [3.05, 3.63) is 24.0 Å². The molecule has 3 nitrogen and oxygen atoms in total. The molecule has 0 aromatic heterocycles. The Morgan fingerprint density at radius 1 is 1.56 bits per heavy atom. The van der Waals surface area contributed by atoms with Crippen molar-refractivity contribution in [2.45, 2.75) is 46.1 Å². The second kappa shape index (κ2) is 4.42. The van der Waals surface area contributed by atoms with Crippen molar-refractivity contribution in [1.82, 2.24) is 0 Å². The fourth-order valence-corrected chi connectivity index (χ4v) is 1.45. The quantitative estimate of drug-likeness (QED) is 0.733. The molecule has 0 heterocycles. The van der Waals surface area contributed by atoms with Gasteiger partial charge in [-0.3, -0.25) is 4.79 Å². The number of aliphatic hydroxyl groups is 1. The molecule has 1 aliphatic carbocycles. The smallest absolute Gasteiger partial charge is 0.310 e. The van der Waals surface area contributed by atoms with Crippen LogP contribution in [-0.2, 0) is 9.53 Å². The van der Waals surface area contributed by atoms with Crippen molar-refractivity contribution in [3.8, 4) is 0 Å². The van der Waals surface area contributed by atoms with Gasteiger partial charge in [-0.15, -0.1) is 0 Å². The third-order valence-corrected chi connectivity index (χ3v) is 2.96. The molecule has 90 valence electrons. The monoisotopic (exact) mass is 224 g/mol. The molecule has 16 heavy (non-hydrogen) atoms. The van der Waals surface area contributed by atoms with E-state index >= 15 is 0 Å². The van der Waals surface area contributed by atoms with Gasteiger partial charge >= 0.3 is 5.97 Å². The first-order chi connectivity index (χ1) is 7.28. The molecule has 0 aromatic rings. The normalized spacial score (nSPS) is 25.2. The number of hydrogen-bond donors (Lipinski definition) is 1. The van der Waals surface area contributed by atoms with E-state index in [1.807, 2.05) is 20.8 Å². The molecule has 0 saturated carbocycles. The molecule has 1 N–H and O–H groups in total. The average molecular weight is 224 g/mol. The second-order valence-electron chi connectivity index (χ2n) is 5.15. The van der Waals surface area contributed by atoms with Gasteiger partial charge in [-0.05, 0) is 23.6 Å². The third kappa shape index (κ3) is 2.73. The van der Waals surface area contributed by atoms with E-state index in [9.17, 15) is 9.90 Å². The highest BCUT2D eigenvalue weighted by Gasteiger charge is 2.38. The lowest BCUT2D eigenvalue weighted by molar-refractivity contribution is -0.138. The van der Waals surface area contributed by atoms with Gasteiger partial charge in [0.2, 0.25) is 0 Å². The van der Waals surface area contributed by atoms with Crippen LogP contribution in [0.4, 0.5) is 0 Å². The largest absolute Gasteiger partial charge is 0.427 e. The van der Waals surface area contributed by atoms with Gasteiger partial charge in [0.05, 0.1) is 5.60 Å². The van der Waals surface area contributed by atoms with Crippen LogP contribution in [0.5, 0.6) is 0 Å². The Hall–Kier alpha value is -1.09. The zero-order valence-electron chi connectivity index (χ0n) is 10.4. The van der Waals surface area contributed by atoms with Crippen LogP contribution >= 0.6 is 0 Å². The highest BCUT2D eigenvalue weighted by Crippen LogP contribution is 2.37. The second-order valence-corrected chi connectivity index (χ2v) is 5.15. The molecule has 1 unspecified atom stereocenters. The maximum Gasteiger partial charge on any atom is 0.310 e. The number of hydrogen-bond acceptors (Lipinski definition) is 3. The van der Waals surface area contributed by atoms with Crippen molar-refractivity contribution in [2.75, 3.05) is 0 Å². The van der Waals surface area contributed by atoms with E-state index in [1.54, 1.807) is 25.2 Å². The van der Waals surface area contributed by atoms with E-state index in [2.05, 4.69) is 0 Å². The Kier molecular flexibility index (Phi) is 3.58. The Bertz CT molecular complexity index is 334. The molecular formula is C13H20O3. The summed E-state index contributed by atoms with van der Waals surface area (Å²) in [6.07, 6.45) is 5.97. The van der Waals surface area contributed by atoms with E-state index in [1.165, 1.54) is 0 Å². The minimum absolute atomic E-state index is 0.236. The average Bonchev–Trinajstić information content (AvgIpc) is 2.20. The van der Waals surface area contributed by atoms with E-state index in [0.717, 1.165) is 0 Å². The standard InChI is InChI=1S/C13H20O3/c1-5-11(14)16-10-6-8-13(15,9-7-10)12(2,3)4/h6-8,15H,5,9H2,1-4H3. The Balaban J connectivity index is 2.70.